The predicted octanol–water partition coefficient (Wildman–Crippen LogP) is 2.01. The van der Waals surface area contributed by atoms with E-state index in [1.165, 1.54) is 7.11 Å². The van der Waals surface area contributed by atoms with Crippen molar-refractivity contribution in [2.45, 2.75) is 25.8 Å². The first kappa shape index (κ1) is 15.5. The van der Waals surface area contributed by atoms with Gasteiger partial charge in [-0.2, -0.15) is 0 Å². The molecule has 2 rings (SSSR count). The van der Waals surface area contributed by atoms with Gasteiger partial charge in [-0.1, -0.05) is 24.3 Å². The van der Waals surface area contributed by atoms with Crippen molar-refractivity contribution in [2.75, 3.05) is 20.2 Å². The Balaban J connectivity index is 2.13. The van der Waals surface area contributed by atoms with Crippen LogP contribution in [0.2, 0.25) is 0 Å². The molecule has 1 atom stereocenters. The lowest BCUT2D eigenvalue weighted by Crippen LogP contribution is -2.42. The van der Waals surface area contributed by atoms with Crippen LogP contribution in [0.1, 0.15) is 30.0 Å². The van der Waals surface area contributed by atoms with Crippen LogP contribution in [0.4, 0.5) is 0 Å². The molecule has 1 heterocycles. The normalized spacial score (nSPS) is 18.2. The maximum Gasteiger partial charge on any atom is 0.325 e. The number of ether oxygens (including phenoxy) is 1. The van der Waals surface area contributed by atoms with Crippen molar-refractivity contribution in [1.82, 2.24) is 4.90 Å². The number of carbonyl (C=O) groups is 2. The molecule has 0 saturated carbocycles. The second kappa shape index (κ2) is 6.72. The maximum absolute atomic E-state index is 11.7. The zero-order valence-corrected chi connectivity index (χ0v) is 12.4. The SMILES string of the molecule is COC(=O)C1CCN(C(C(=O)O)c2ccccc2C)CC1. The van der Waals surface area contributed by atoms with E-state index in [1.54, 1.807) is 0 Å². The van der Waals surface area contributed by atoms with E-state index in [-0.39, 0.29) is 11.9 Å². The van der Waals surface area contributed by atoms with Crippen LogP contribution in [-0.4, -0.2) is 42.1 Å². The topological polar surface area (TPSA) is 66.8 Å². The van der Waals surface area contributed by atoms with Gasteiger partial charge >= 0.3 is 11.9 Å². The quantitative estimate of drug-likeness (QED) is 0.860. The molecule has 114 valence electrons. The van der Waals surface area contributed by atoms with Crippen LogP contribution in [0, 0.1) is 12.8 Å². The van der Waals surface area contributed by atoms with E-state index in [4.69, 9.17) is 4.74 Å². The van der Waals surface area contributed by atoms with Gasteiger partial charge in [-0.3, -0.25) is 14.5 Å². The van der Waals surface area contributed by atoms with Crippen LogP contribution >= 0.6 is 0 Å². The summed E-state index contributed by atoms with van der Waals surface area (Å²) >= 11 is 0. The summed E-state index contributed by atoms with van der Waals surface area (Å²) in [5.74, 6) is -1.16. The number of carboxylic acid groups (broad SMARTS) is 1. The molecular weight excluding hydrogens is 270 g/mol. The van der Waals surface area contributed by atoms with Crippen molar-refractivity contribution in [3.05, 3.63) is 35.4 Å². The third kappa shape index (κ3) is 3.42. The molecule has 1 aliphatic rings. The number of benzene rings is 1. The number of esters is 1. The summed E-state index contributed by atoms with van der Waals surface area (Å²) in [6, 6.07) is 6.90. The molecule has 0 aliphatic carbocycles. The first-order chi connectivity index (χ1) is 10.0. The van der Waals surface area contributed by atoms with Gasteiger partial charge < -0.3 is 9.84 Å². The number of hydrogen-bond acceptors (Lipinski definition) is 4. The average Bonchev–Trinajstić information content (AvgIpc) is 2.49. The summed E-state index contributed by atoms with van der Waals surface area (Å²) in [5.41, 5.74) is 1.79. The molecule has 1 aromatic rings. The highest BCUT2D eigenvalue weighted by atomic mass is 16.5. The summed E-state index contributed by atoms with van der Waals surface area (Å²) in [5, 5.41) is 9.59. The van der Waals surface area contributed by atoms with E-state index < -0.39 is 12.0 Å². The Labute approximate surface area is 124 Å². The van der Waals surface area contributed by atoms with Crippen LogP contribution < -0.4 is 0 Å². The molecule has 1 aromatic carbocycles. The number of aryl methyl sites for hydroxylation is 1. The van der Waals surface area contributed by atoms with Gasteiger partial charge in [0.05, 0.1) is 13.0 Å². The van der Waals surface area contributed by atoms with Crippen molar-refractivity contribution >= 4 is 11.9 Å². The molecule has 0 spiro atoms. The lowest BCUT2D eigenvalue weighted by atomic mass is 9.93. The molecule has 1 saturated heterocycles. The van der Waals surface area contributed by atoms with E-state index in [1.807, 2.05) is 36.1 Å². The zero-order valence-electron chi connectivity index (χ0n) is 12.4. The average molecular weight is 291 g/mol. The smallest absolute Gasteiger partial charge is 0.325 e. The molecular formula is C16H21NO4. The third-order valence-electron chi connectivity index (χ3n) is 4.15. The van der Waals surface area contributed by atoms with Crippen LogP contribution in [0.25, 0.3) is 0 Å². The Morgan fingerprint density at radius 2 is 1.90 bits per heavy atom. The summed E-state index contributed by atoms with van der Waals surface area (Å²) in [4.78, 5) is 25.2. The lowest BCUT2D eigenvalue weighted by molar-refractivity contribution is -0.148. The summed E-state index contributed by atoms with van der Waals surface area (Å²) in [6.45, 7) is 3.10. The minimum Gasteiger partial charge on any atom is -0.480 e. The summed E-state index contributed by atoms with van der Waals surface area (Å²) < 4.78 is 4.76. The molecule has 1 fully saturated rings. The Hall–Kier alpha value is -1.88. The Morgan fingerprint density at radius 3 is 2.43 bits per heavy atom. The standard InChI is InChI=1S/C16H21NO4/c1-11-5-3-4-6-13(11)14(15(18)19)17-9-7-12(8-10-17)16(20)21-2/h3-6,12,14H,7-10H2,1-2H3,(H,18,19). The largest absolute Gasteiger partial charge is 0.480 e. The Morgan fingerprint density at radius 1 is 1.29 bits per heavy atom. The third-order valence-corrected chi connectivity index (χ3v) is 4.15. The first-order valence-electron chi connectivity index (χ1n) is 7.14. The minimum atomic E-state index is -0.846. The van der Waals surface area contributed by atoms with Gasteiger partial charge in [0, 0.05) is 13.1 Å². The van der Waals surface area contributed by atoms with E-state index in [9.17, 15) is 14.7 Å². The van der Waals surface area contributed by atoms with Crippen molar-refractivity contribution in [2.24, 2.45) is 5.92 Å². The first-order valence-corrected chi connectivity index (χ1v) is 7.14. The van der Waals surface area contributed by atoms with E-state index in [0.29, 0.717) is 25.9 Å². The number of carboxylic acids is 1. The van der Waals surface area contributed by atoms with Crippen LogP contribution in [-0.2, 0) is 14.3 Å². The van der Waals surface area contributed by atoms with Crippen molar-refractivity contribution in [1.29, 1.82) is 0 Å². The highest BCUT2D eigenvalue weighted by Crippen LogP contribution is 2.29. The number of methoxy groups -OCH3 is 1. The number of likely N-dealkylation sites (tertiary alicyclic amines) is 1. The van der Waals surface area contributed by atoms with Crippen molar-refractivity contribution in [3.63, 3.8) is 0 Å². The maximum atomic E-state index is 11.7. The van der Waals surface area contributed by atoms with Gasteiger partial charge in [-0.15, -0.1) is 0 Å². The molecule has 1 aliphatic heterocycles. The van der Waals surface area contributed by atoms with E-state index in [2.05, 4.69) is 0 Å². The van der Waals surface area contributed by atoms with Gasteiger partial charge in [-0.05, 0) is 30.9 Å². The highest BCUT2D eigenvalue weighted by Gasteiger charge is 2.33. The Kier molecular flexibility index (Phi) is 4.96. The van der Waals surface area contributed by atoms with E-state index in [0.717, 1.165) is 11.1 Å². The number of nitrogens with zero attached hydrogens (tertiary/aromatic N) is 1. The predicted molar refractivity (Wildman–Crippen MR) is 77.9 cm³/mol. The van der Waals surface area contributed by atoms with Crippen LogP contribution in [0.3, 0.4) is 0 Å². The lowest BCUT2D eigenvalue weighted by Gasteiger charge is -2.35. The van der Waals surface area contributed by atoms with Crippen molar-refractivity contribution < 1.29 is 19.4 Å². The molecule has 5 nitrogen and oxygen atoms in total. The zero-order chi connectivity index (χ0) is 15.4. The fourth-order valence-electron chi connectivity index (χ4n) is 2.94. The van der Waals surface area contributed by atoms with Gasteiger partial charge in [0.25, 0.3) is 0 Å². The fraction of sp³-hybridized carbons (Fsp3) is 0.500. The number of carbonyl (C=O) groups excluding carboxylic acids is 1. The second-order valence-electron chi connectivity index (χ2n) is 5.43. The summed E-state index contributed by atoms with van der Waals surface area (Å²) in [7, 11) is 1.39. The van der Waals surface area contributed by atoms with Gasteiger partial charge in [0.2, 0.25) is 0 Å². The fourth-order valence-corrected chi connectivity index (χ4v) is 2.94. The molecule has 0 aromatic heterocycles. The van der Waals surface area contributed by atoms with Crippen LogP contribution in [0.5, 0.6) is 0 Å². The monoisotopic (exact) mass is 291 g/mol. The molecule has 21 heavy (non-hydrogen) atoms. The highest BCUT2D eigenvalue weighted by molar-refractivity contribution is 5.76. The van der Waals surface area contributed by atoms with Gasteiger partial charge in [-0.25, -0.2) is 0 Å². The Bertz CT molecular complexity index is 521. The van der Waals surface area contributed by atoms with Gasteiger partial charge in [0.1, 0.15) is 6.04 Å². The molecule has 5 heteroatoms. The van der Waals surface area contributed by atoms with E-state index >= 15 is 0 Å². The molecule has 0 radical (unpaired) electrons. The molecule has 1 unspecified atom stereocenters. The number of piperidine rings is 1. The number of aliphatic carboxylic acids is 1. The number of rotatable bonds is 4. The minimum absolute atomic E-state index is 0.113. The van der Waals surface area contributed by atoms with Crippen molar-refractivity contribution in [3.8, 4) is 0 Å². The van der Waals surface area contributed by atoms with Gasteiger partial charge in [0.15, 0.2) is 0 Å². The molecule has 0 bridgehead atoms. The molecule has 0 amide bonds. The molecule has 1 N–H and O–H groups in total. The summed E-state index contributed by atoms with van der Waals surface area (Å²) in [6.07, 6.45) is 1.28. The second-order valence-corrected chi connectivity index (χ2v) is 5.43. The van der Waals surface area contributed by atoms with Crippen LogP contribution in [0.15, 0.2) is 24.3 Å². The number of hydrogen-bond donors (Lipinski definition) is 1.